The van der Waals surface area contributed by atoms with E-state index in [1.807, 2.05) is 43.3 Å². The maximum atomic E-state index is 13.8. The Hall–Kier alpha value is -3.73. The van der Waals surface area contributed by atoms with E-state index in [9.17, 15) is 19.5 Å². The number of nitrogens with zero attached hydrogens (tertiary/aromatic N) is 1. The van der Waals surface area contributed by atoms with E-state index in [0.717, 1.165) is 16.7 Å². The topological polar surface area (TPSA) is 77.5 Å². The van der Waals surface area contributed by atoms with Crippen LogP contribution in [0.2, 0.25) is 0 Å². The standard InChI is InChI=1S/C26H19NO4/c1-14-10-12-15(13-11-14)27-23(28)21-20-16-6-2-4-8-18(16)26(25(30)31,22(21)24(27)29)19-9-5-3-7-17(19)20/h2-13,20-22H,1H3,(H,30,31)/p-1/t20?,21-,22+,26?/m1/s1. The third kappa shape index (κ3) is 1.99. The molecule has 152 valence electrons. The van der Waals surface area contributed by atoms with Crippen LogP contribution in [0.25, 0.3) is 0 Å². The molecule has 1 saturated heterocycles. The number of imide groups is 1. The predicted octanol–water partition coefficient (Wildman–Crippen LogP) is 2.30. The van der Waals surface area contributed by atoms with E-state index >= 15 is 0 Å². The smallest absolute Gasteiger partial charge is 0.239 e. The Labute approximate surface area is 178 Å². The number of carbonyl (C=O) groups excluding carboxylic acids is 3. The molecule has 31 heavy (non-hydrogen) atoms. The average Bonchev–Trinajstić information content (AvgIpc) is 3.05. The van der Waals surface area contributed by atoms with E-state index in [0.29, 0.717) is 16.8 Å². The first kappa shape index (κ1) is 18.1. The molecule has 3 aromatic rings. The molecule has 1 aliphatic heterocycles. The van der Waals surface area contributed by atoms with Crippen LogP contribution < -0.4 is 10.0 Å². The number of rotatable bonds is 2. The number of amides is 2. The number of carboxylic acid groups (broad SMARTS) is 1. The Morgan fingerprint density at radius 1 is 0.839 bits per heavy atom. The van der Waals surface area contributed by atoms with Crippen molar-refractivity contribution in [3.05, 3.63) is 101 Å². The summed E-state index contributed by atoms with van der Waals surface area (Å²) in [5.41, 5.74) is 2.48. The molecule has 5 heteroatoms. The number of aryl methyl sites for hydroxylation is 1. The van der Waals surface area contributed by atoms with Gasteiger partial charge in [0.25, 0.3) is 0 Å². The van der Waals surface area contributed by atoms with Crippen LogP contribution >= 0.6 is 0 Å². The summed E-state index contributed by atoms with van der Waals surface area (Å²) in [6.07, 6.45) is 0. The maximum Gasteiger partial charge on any atom is 0.239 e. The molecule has 0 N–H and O–H groups in total. The zero-order valence-corrected chi connectivity index (χ0v) is 16.7. The second kappa shape index (κ2) is 5.91. The fourth-order valence-electron chi connectivity index (χ4n) is 6.07. The first-order valence-corrected chi connectivity index (χ1v) is 10.3. The lowest BCUT2D eigenvalue weighted by Gasteiger charge is -2.54. The monoisotopic (exact) mass is 408 g/mol. The summed E-state index contributed by atoms with van der Waals surface area (Å²) in [5.74, 6) is -4.36. The molecule has 0 aromatic heterocycles. The van der Waals surface area contributed by atoms with Gasteiger partial charge in [-0.05, 0) is 41.3 Å². The number of carboxylic acids is 1. The van der Waals surface area contributed by atoms with Crippen molar-refractivity contribution in [1.82, 2.24) is 0 Å². The highest BCUT2D eigenvalue weighted by Gasteiger charge is 2.68. The van der Waals surface area contributed by atoms with Crippen molar-refractivity contribution in [2.75, 3.05) is 4.90 Å². The van der Waals surface area contributed by atoms with Gasteiger partial charge in [-0.15, -0.1) is 0 Å². The van der Waals surface area contributed by atoms with E-state index < -0.39 is 29.1 Å². The van der Waals surface area contributed by atoms with Crippen molar-refractivity contribution < 1.29 is 19.5 Å². The summed E-state index contributed by atoms with van der Waals surface area (Å²) in [6.45, 7) is 1.93. The largest absolute Gasteiger partial charge is 0.549 e. The summed E-state index contributed by atoms with van der Waals surface area (Å²) in [6, 6.07) is 21.7. The van der Waals surface area contributed by atoms with Gasteiger partial charge in [0, 0.05) is 5.92 Å². The number of aliphatic carboxylic acids is 1. The summed E-state index contributed by atoms with van der Waals surface area (Å²) in [4.78, 5) is 41.6. The fourth-order valence-corrected chi connectivity index (χ4v) is 6.07. The van der Waals surface area contributed by atoms with Crippen LogP contribution in [0.4, 0.5) is 5.69 Å². The molecule has 0 radical (unpaired) electrons. The number of hydrogen-bond acceptors (Lipinski definition) is 4. The Morgan fingerprint density at radius 3 is 1.94 bits per heavy atom. The third-order valence-corrected chi connectivity index (χ3v) is 7.23. The van der Waals surface area contributed by atoms with Crippen LogP contribution in [0.3, 0.4) is 0 Å². The summed E-state index contributed by atoms with van der Waals surface area (Å²) in [5, 5.41) is 12.9. The second-order valence-corrected chi connectivity index (χ2v) is 8.60. The molecule has 2 atom stereocenters. The van der Waals surface area contributed by atoms with E-state index in [-0.39, 0.29) is 11.8 Å². The van der Waals surface area contributed by atoms with Crippen molar-refractivity contribution in [3.8, 4) is 0 Å². The van der Waals surface area contributed by atoms with Crippen LogP contribution in [-0.4, -0.2) is 17.8 Å². The SMILES string of the molecule is Cc1ccc(N2C(=O)[C@@H]3C4c5ccccc5C(C(=O)[O-])(c5ccccc54)[C@@H]3C2=O)cc1. The lowest BCUT2D eigenvalue weighted by Crippen LogP contribution is -2.61. The van der Waals surface area contributed by atoms with Crippen molar-refractivity contribution >= 4 is 23.5 Å². The molecule has 7 rings (SSSR count). The third-order valence-electron chi connectivity index (χ3n) is 7.23. The lowest BCUT2D eigenvalue weighted by atomic mass is 9.47. The molecular formula is C26H18NO4-. The minimum atomic E-state index is -1.70. The van der Waals surface area contributed by atoms with Gasteiger partial charge in [0.05, 0.1) is 28.9 Å². The van der Waals surface area contributed by atoms with Gasteiger partial charge >= 0.3 is 0 Å². The minimum absolute atomic E-state index is 0.349. The number of anilines is 1. The maximum absolute atomic E-state index is 13.8. The van der Waals surface area contributed by atoms with Crippen LogP contribution in [0.5, 0.6) is 0 Å². The van der Waals surface area contributed by atoms with Gasteiger partial charge in [-0.2, -0.15) is 0 Å². The lowest BCUT2D eigenvalue weighted by molar-refractivity contribution is -0.314. The van der Waals surface area contributed by atoms with Crippen LogP contribution in [0, 0.1) is 18.8 Å². The fraction of sp³-hybridized carbons (Fsp3) is 0.192. The Kier molecular flexibility index (Phi) is 3.45. The predicted molar refractivity (Wildman–Crippen MR) is 111 cm³/mol. The summed E-state index contributed by atoms with van der Waals surface area (Å²) < 4.78 is 0. The zero-order chi connectivity index (χ0) is 21.5. The molecule has 5 nitrogen and oxygen atoms in total. The summed E-state index contributed by atoms with van der Waals surface area (Å²) >= 11 is 0. The Morgan fingerprint density at radius 2 is 1.39 bits per heavy atom. The number of hydrogen-bond donors (Lipinski definition) is 0. The molecular weight excluding hydrogens is 390 g/mol. The number of benzene rings is 3. The highest BCUT2D eigenvalue weighted by Crippen LogP contribution is 2.64. The van der Waals surface area contributed by atoms with Crippen molar-refractivity contribution in [3.63, 3.8) is 0 Å². The molecule has 0 saturated carbocycles. The highest BCUT2D eigenvalue weighted by molar-refractivity contribution is 6.25. The number of carbonyl (C=O) groups is 3. The summed E-state index contributed by atoms with van der Waals surface area (Å²) in [7, 11) is 0. The van der Waals surface area contributed by atoms with E-state index in [4.69, 9.17) is 0 Å². The van der Waals surface area contributed by atoms with Crippen molar-refractivity contribution in [2.24, 2.45) is 11.8 Å². The Balaban J connectivity index is 1.67. The second-order valence-electron chi connectivity index (χ2n) is 8.60. The highest BCUT2D eigenvalue weighted by atomic mass is 16.4. The van der Waals surface area contributed by atoms with Crippen LogP contribution in [-0.2, 0) is 19.8 Å². The molecule has 2 amide bonds. The molecule has 4 aliphatic rings. The van der Waals surface area contributed by atoms with Crippen molar-refractivity contribution in [2.45, 2.75) is 18.3 Å². The normalized spacial score (nSPS) is 27.6. The molecule has 0 spiro atoms. The van der Waals surface area contributed by atoms with Crippen LogP contribution in [0.15, 0.2) is 72.8 Å². The van der Waals surface area contributed by atoms with E-state index in [1.54, 1.807) is 36.4 Å². The van der Waals surface area contributed by atoms with Gasteiger partial charge in [-0.25, -0.2) is 4.90 Å². The van der Waals surface area contributed by atoms with Gasteiger partial charge in [-0.3, -0.25) is 9.59 Å². The molecule has 3 aromatic carbocycles. The van der Waals surface area contributed by atoms with E-state index in [1.165, 1.54) is 4.90 Å². The molecule has 2 bridgehead atoms. The van der Waals surface area contributed by atoms with Gasteiger partial charge < -0.3 is 9.90 Å². The molecule has 1 fully saturated rings. The van der Waals surface area contributed by atoms with Gasteiger partial charge in [0.1, 0.15) is 0 Å². The quantitative estimate of drug-likeness (QED) is 0.610. The Bertz CT molecular complexity index is 1250. The van der Waals surface area contributed by atoms with Crippen LogP contribution in [0.1, 0.15) is 33.7 Å². The van der Waals surface area contributed by atoms with Gasteiger partial charge in [0.2, 0.25) is 11.8 Å². The van der Waals surface area contributed by atoms with Gasteiger partial charge in [-0.1, -0.05) is 66.2 Å². The molecule has 1 heterocycles. The van der Waals surface area contributed by atoms with E-state index in [2.05, 4.69) is 0 Å². The van der Waals surface area contributed by atoms with Gasteiger partial charge in [0.15, 0.2) is 0 Å². The minimum Gasteiger partial charge on any atom is -0.549 e. The first-order chi connectivity index (χ1) is 15.0. The zero-order valence-electron chi connectivity index (χ0n) is 16.7. The first-order valence-electron chi connectivity index (χ1n) is 10.3. The van der Waals surface area contributed by atoms with Crippen molar-refractivity contribution in [1.29, 1.82) is 0 Å². The molecule has 0 unspecified atom stereocenters. The molecule has 3 aliphatic carbocycles. The average molecular weight is 408 g/mol.